The second-order valence-electron chi connectivity index (χ2n) is 7.56. The summed E-state index contributed by atoms with van der Waals surface area (Å²) in [4.78, 5) is 17.5. The van der Waals surface area contributed by atoms with E-state index in [1.807, 2.05) is 60.1 Å². The molecule has 1 saturated heterocycles. The number of rotatable bonds is 7. The Labute approximate surface area is 177 Å². The number of nitrogens with zero attached hydrogens (tertiary/aromatic N) is 4. The first-order valence-electron chi connectivity index (χ1n) is 10.4. The molecule has 0 saturated carbocycles. The summed E-state index contributed by atoms with van der Waals surface area (Å²) >= 11 is 0. The number of piperazine rings is 1. The van der Waals surface area contributed by atoms with E-state index in [9.17, 15) is 4.79 Å². The molecule has 2 aromatic carbocycles. The summed E-state index contributed by atoms with van der Waals surface area (Å²) in [5.74, 6) is 1.06. The van der Waals surface area contributed by atoms with Crippen molar-refractivity contribution in [2.24, 2.45) is 0 Å². The van der Waals surface area contributed by atoms with Gasteiger partial charge in [-0.25, -0.2) is 4.68 Å². The molecule has 2 heterocycles. The Kier molecular flexibility index (Phi) is 6.14. The molecule has 3 aromatic rings. The van der Waals surface area contributed by atoms with E-state index in [-0.39, 0.29) is 5.78 Å². The average Bonchev–Trinajstić information content (AvgIpc) is 3.19. The van der Waals surface area contributed by atoms with Gasteiger partial charge in [0.15, 0.2) is 5.78 Å². The van der Waals surface area contributed by atoms with Crippen molar-refractivity contribution >= 4 is 11.5 Å². The van der Waals surface area contributed by atoms with Crippen molar-refractivity contribution < 1.29 is 9.53 Å². The maximum atomic E-state index is 12.8. The van der Waals surface area contributed by atoms with Crippen LogP contribution in [0.2, 0.25) is 0 Å². The van der Waals surface area contributed by atoms with Crippen LogP contribution < -0.4 is 9.64 Å². The van der Waals surface area contributed by atoms with Crippen molar-refractivity contribution in [2.45, 2.75) is 13.3 Å². The quantitative estimate of drug-likeness (QED) is 0.564. The van der Waals surface area contributed by atoms with Crippen LogP contribution in [0.4, 0.5) is 5.69 Å². The minimum atomic E-state index is 0.154. The summed E-state index contributed by atoms with van der Waals surface area (Å²) in [5, 5.41) is 4.43. The molecule has 6 nitrogen and oxygen atoms in total. The van der Waals surface area contributed by atoms with Gasteiger partial charge in [-0.1, -0.05) is 30.3 Å². The van der Waals surface area contributed by atoms with Crippen LogP contribution in [0.1, 0.15) is 22.5 Å². The van der Waals surface area contributed by atoms with Crippen LogP contribution in [-0.4, -0.2) is 60.3 Å². The van der Waals surface area contributed by atoms with Crippen LogP contribution in [-0.2, 0) is 0 Å². The highest BCUT2D eigenvalue weighted by atomic mass is 16.5. The minimum Gasteiger partial charge on any atom is -0.495 e. The molecule has 0 atom stereocenters. The van der Waals surface area contributed by atoms with E-state index >= 15 is 0 Å². The highest BCUT2D eigenvalue weighted by molar-refractivity contribution is 5.97. The molecular formula is C24H28N4O2. The summed E-state index contributed by atoms with van der Waals surface area (Å²) in [6, 6.07) is 18.1. The topological polar surface area (TPSA) is 50.6 Å². The molecule has 1 aliphatic rings. The molecule has 0 aliphatic carbocycles. The molecule has 0 bridgehead atoms. The summed E-state index contributed by atoms with van der Waals surface area (Å²) < 4.78 is 7.32. The zero-order valence-corrected chi connectivity index (χ0v) is 17.6. The van der Waals surface area contributed by atoms with E-state index in [4.69, 9.17) is 4.74 Å². The smallest absolute Gasteiger partial charge is 0.167 e. The second-order valence-corrected chi connectivity index (χ2v) is 7.56. The number of aromatic nitrogens is 2. The van der Waals surface area contributed by atoms with Crippen molar-refractivity contribution in [3.8, 4) is 11.4 Å². The number of methoxy groups -OCH3 is 1. The number of carbonyl (C=O) groups excluding carboxylic acids is 1. The summed E-state index contributed by atoms with van der Waals surface area (Å²) in [7, 11) is 1.71. The molecular weight excluding hydrogens is 376 g/mol. The van der Waals surface area contributed by atoms with Gasteiger partial charge in [0, 0.05) is 39.1 Å². The van der Waals surface area contributed by atoms with E-state index in [0.29, 0.717) is 12.0 Å². The first kappa shape index (κ1) is 20.2. The number of ketones is 1. The largest absolute Gasteiger partial charge is 0.495 e. The summed E-state index contributed by atoms with van der Waals surface area (Å²) in [6.07, 6.45) is 2.21. The van der Waals surface area contributed by atoms with E-state index in [2.05, 4.69) is 21.0 Å². The first-order valence-corrected chi connectivity index (χ1v) is 10.4. The monoisotopic (exact) mass is 404 g/mol. The molecule has 1 aliphatic heterocycles. The highest BCUT2D eigenvalue weighted by Gasteiger charge is 2.21. The molecule has 1 fully saturated rings. The molecule has 0 spiro atoms. The van der Waals surface area contributed by atoms with Gasteiger partial charge < -0.3 is 9.64 Å². The maximum absolute atomic E-state index is 12.8. The lowest BCUT2D eigenvalue weighted by molar-refractivity contribution is 0.0962. The van der Waals surface area contributed by atoms with Gasteiger partial charge >= 0.3 is 0 Å². The van der Waals surface area contributed by atoms with Gasteiger partial charge in [0.1, 0.15) is 5.75 Å². The first-order chi connectivity index (χ1) is 14.7. The van der Waals surface area contributed by atoms with Crippen LogP contribution in [0, 0.1) is 6.92 Å². The van der Waals surface area contributed by atoms with Gasteiger partial charge in [-0.15, -0.1) is 0 Å². The van der Waals surface area contributed by atoms with Crippen molar-refractivity contribution in [2.75, 3.05) is 44.7 Å². The van der Waals surface area contributed by atoms with Gasteiger partial charge in [0.2, 0.25) is 0 Å². The predicted molar refractivity (Wildman–Crippen MR) is 119 cm³/mol. The van der Waals surface area contributed by atoms with Gasteiger partial charge in [-0.3, -0.25) is 9.69 Å². The Morgan fingerprint density at radius 3 is 2.43 bits per heavy atom. The fourth-order valence-electron chi connectivity index (χ4n) is 4.01. The molecule has 6 heteroatoms. The molecule has 0 unspecified atom stereocenters. The number of hydrogen-bond acceptors (Lipinski definition) is 5. The van der Waals surface area contributed by atoms with Crippen LogP contribution in [0.3, 0.4) is 0 Å². The molecule has 0 amide bonds. The number of anilines is 1. The number of carbonyl (C=O) groups is 1. The molecule has 30 heavy (non-hydrogen) atoms. The lowest BCUT2D eigenvalue weighted by Crippen LogP contribution is -2.47. The van der Waals surface area contributed by atoms with Crippen molar-refractivity contribution in [1.82, 2.24) is 14.7 Å². The van der Waals surface area contributed by atoms with E-state index in [0.717, 1.165) is 55.5 Å². The summed E-state index contributed by atoms with van der Waals surface area (Å²) in [6.45, 7) is 6.47. The Hall–Kier alpha value is -3.12. The Morgan fingerprint density at radius 1 is 1.00 bits per heavy atom. The van der Waals surface area contributed by atoms with Crippen LogP contribution in [0.5, 0.6) is 5.75 Å². The van der Waals surface area contributed by atoms with E-state index in [1.165, 1.54) is 0 Å². The third-order valence-corrected chi connectivity index (χ3v) is 5.76. The summed E-state index contributed by atoms with van der Waals surface area (Å²) in [5.41, 5.74) is 3.72. The lowest BCUT2D eigenvalue weighted by Gasteiger charge is -2.36. The van der Waals surface area contributed by atoms with Crippen molar-refractivity contribution in [1.29, 1.82) is 0 Å². The third-order valence-electron chi connectivity index (χ3n) is 5.76. The highest BCUT2D eigenvalue weighted by Crippen LogP contribution is 2.28. The van der Waals surface area contributed by atoms with Crippen LogP contribution >= 0.6 is 0 Å². The van der Waals surface area contributed by atoms with Gasteiger partial charge in [-0.05, 0) is 31.2 Å². The van der Waals surface area contributed by atoms with E-state index < -0.39 is 0 Å². The zero-order chi connectivity index (χ0) is 20.9. The Morgan fingerprint density at radius 2 is 1.70 bits per heavy atom. The standard InChI is InChI=1S/C24H28N4O2/c1-19-21(18-25-28(19)20-8-4-3-5-9-20)23(29)12-13-26-14-16-27(17-15-26)22-10-6-7-11-24(22)30-2/h3-11,18H,12-17H2,1-2H3. The average molecular weight is 405 g/mol. The number of benzene rings is 2. The van der Waals surface area contributed by atoms with Crippen LogP contribution in [0.15, 0.2) is 60.8 Å². The molecule has 1 aromatic heterocycles. The lowest BCUT2D eigenvalue weighted by atomic mass is 10.1. The van der Waals surface area contributed by atoms with Crippen molar-refractivity contribution in [3.63, 3.8) is 0 Å². The van der Waals surface area contributed by atoms with E-state index in [1.54, 1.807) is 13.3 Å². The minimum absolute atomic E-state index is 0.154. The van der Waals surface area contributed by atoms with Gasteiger partial charge in [0.25, 0.3) is 0 Å². The fourth-order valence-corrected chi connectivity index (χ4v) is 4.01. The SMILES string of the molecule is COc1ccccc1N1CCN(CCC(=O)c2cnn(-c3ccccc3)c2C)CC1. The number of Topliss-reactive ketones (excluding diaryl/α,β-unsaturated/α-hetero) is 1. The number of para-hydroxylation sites is 3. The third kappa shape index (κ3) is 4.24. The fraction of sp³-hybridized carbons (Fsp3) is 0.333. The zero-order valence-electron chi connectivity index (χ0n) is 17.6. The molecule has 0 N–H and O–H groups in total. The number of hydrogen-bond donors (Lipinski definition) is 0. The van der Waals surface area contributed by atoms with Gasteiger partial charge in [-0.2, -0.15) is 5.10 Å². The Balaban J connectivity index is 1.32. The Bertz CT molecular complexity index is 991. The maximum Gasteiger partial charge on any atom is 0.167 e. The molecule has 156 valence electrons. The van der Waals surface area contributed by atoms with Crippen LogP contribution in [0.25, 0.3) is 5.69 Å². The predicted octanol–water partition coefficient (Wildman–Crippen LogP) is 3.58. The van der Waals surface area contributed by atoms with Crippen molar-refractivity contribution in [3.05, 3.63) is 72.1 Å². The molecule has 4 rings (SSSR count). The number of ether oxygens (including phenoxy) is 1. The normalized spacial score (nSPS) is 14.7. The molecule has 0 radical (unpaired) electrons. The van der Waals surface area contributed by atoms with Gasteiger partial charge in [0.05, 0.1) is 35.9 Å². The second kappa shape index (κ2) is 9.13.